The average Bonchev–Trinajstić information content (AvgIpc) is 3.02. The number of methoxy groups -OCH3 is 1. The summed E-state index contributed by atoms with van der Waals surface area (Å²) >= 11 is 6.64. The summed E-state index contributed by atoms with van der Waals surface area (Å²) in [4.78, 5) is 26.0. The number of anilines is 1. The fourth-order valence-corrected chi connectivity index (χ4v) is 4.14. The summed E-state index contributed by atoms with van der Waals surface area (Å²) < 4.78 is 16.8. The zero-order valence-corrected chi connectivity index (χ0v) is 18.8. The van der Waals surface area contributed by atoms with Crippen LogP contribution in [0.15, 0.2) is 47.4 Å². The molecule has 7 nitrogen and oxygen atoms in total. The lowest BCUT2D eigenvalue weighted by Gasteiger charge is -2.18. The number of aliphatic carboxylic acids is 1. The third kappa shape index (κ3) is 5.00. The zero-order chi connectivity index (χ0) is 22.5. The maximum absolute atomic E-state index is 13.1. The third-order valence-electron chi connectivity index (χ3n) is 4.34. The number of rotatable bonds is 8. The highest BCUT2D eigenvalue weighted by Crippen LogP contribution is 2.40. The van der Waals surface area contributed by atoms with E-state index in [1.165, 1.54) is 30.7 Å². The maximum Gasteiger partial charge on any atom is 0.344 e. The fraction of sp³-hybridized carbons (Fsp3) is 0.227. The molecule has 0 spiro atoms. The highest BCUT2D eigenvalue weighted by atomic mass is 32.2. The maximum atomic E-state index is 13.1. The van der Waals surface area contributed by atoms with Crippen molar-refractivity contribution >= 4 is 51.9 Å². The van der Waals surface area contributed by atoms with Crippen LogP contribution >= 0.6 is 24.0 Å². The molecule has 1 unspecified atom stereocenters. The number of carbonyl (C=O) groups excluding carboxylic acids is 1. The molecule has 31 heavy (non-hydrogen) atoms. The Labute approximate surface area is 189 Å². The molecule has 9 heteroatoms. The Hall–Kier alpha value is -3.04. The lowest BCUT2D eigenvalue weighted by molar-refractivity contribution is -0.144. The standard InChI is InChI=1S/C22H21NO6S2/c1-4-28-16-8-6-5-7-15(16)23-20(24)19(31-22(23)30)12-14-9-10-17(18(11-14)27-3)29-13(2)21(25)26/h5-13H,4H2,1-3H3,(H,25,26)/b19-12+. The molecule has 3 rings (SSSR count). The van der Waals surface area contributed by atoms with Gasteiger partial charge in [-0.2, -0.15) is 0 Å². The predicted molar refractivity (Wildman–Crippen MR) is 124 cm³/mol. The van der Waals surface area contributed by atoms with Crippen LogP contribution in [0.5, 0.6) is 17.2 Å². The summed E-state index contributed by atoms with van der Waals surface area (Å²) in [7, 11) is 1.46. The summed E-state index contributed by atoms with van der Waals surface area (Å²) in [6.07, 6.45) is 0.677. The minimum atomic E-state index is -1.08. The zero-order valence-electron chi connectivity index (χ0n) is 17.2. The van der Waals surface area contributed by atoms with Gasteiger partial charge in [0.25, 0.3) is 5.91 Å². The minimum absolute atomic E-state index is 0.249. The highest BCUT2D eigenvalue weighted by Gasteiger charge is 2.35. The molecule has 0 saturated carbocycles. The van der Waals surface area contributed by atoms with Crippen LogP contribution in [0.2, 0.25) is 0 Å². The summed E-state index contributed by atoms with van der Waals surface area (Å²) in [6, 6.07) is 12.2. The van der Waals surface area contributed by atoms with E-state index in [9.17, 15) is 9.59 Å². The van der Waals surface area contributed by atoms with Gasteiger partial charge in [-0.15, -0.1) is 0 Å². The molecule has 1 N–H and O–H groups in total. The van der Waals surface area contributed by atoms with Gasteiger partial charge >= 0.3 is 5.97 Å². The van der Waals surface area contributed by atoms with Crippen LogP contribution in [-0.2, 0) is 9.59 Å². The largest absolute Gasteiger partial charge is 0.493 e. The van der Waals surface area contributed by atoms with E-state index in [-0.39, 0.29) is 5.91 Å². The van der Waals surface area contributed by atoms with Gasteiger partial charge in [-0.1, -0.05) is 42.2 Å². The molecular weight excluding hydrogens is 438 g/mol. The lowest BCUT2D eigenvalue weighted by atomic mass is 10.1. The van der Waals surface area contributed by atoms with Crippen LogP contribution in [-0.4, -0.2) is 41.1 Å². The minimum Gasteiger partial charge on any atom is -0.493 e. The molecule has 2 aromatic carbocycles. The van der Waals surface area contributed by atoms with E-state index in [1.54, 1.807) is 36.4 Å². The van der Waals surface area contributed by atoms with Gasteiger partial charge in [-0.05, 0) is 49.8 Å². The van der Waals surface area contributed by atoms with Crippen molar-refractivity contribution in [2.75, 3.05) is 18.6 Å². The smallest absolute Gasteiger partial charge is 0.344 e. The summed E-state index contributed by atoms with van der Waals surface area (Å²) in [6.45, 7) is 3.77. The monoisotopic (exact) mass is 459 g/mol. The van der Waals surface area contributed by atoms with Crippen LogP contribution < -0.4 is 19.1 Å². The summed E-state index contributed by atoms with van der Waals surface area (Å²) in [5, 5.41) is 9.04. The molecule has 1 atom stereocenters. The molecule has 2 aromatic rings. The molecule has 1 saturated heterocycles. The number of carboxylic acids is 1. The van der Waals surface area contributed by atoms with E-state index in [4.69, 9.17) is 31.5 Å². The van der Waals surface area contributed by atoms with Crippen LogP contribution in [0.1, 0.15) is 19.4 Å². The second-order valence-corrected chi connectivity index (χ2v) is 8.10. The van der Waals surface area contributed by atoms with Crippen molar-refractivity contribution in [3.63, 3.8) is 0 Å². The topological polar surface area (TPSA) is 85.3 Å². The number of ether oxygens (including phenoxy) is 3. The quantitative estimate of drug-likeness (QED) is 0.461. The molecule has 0 aromatic heterocycles. The molecule has 1 amide bonds. The number of carboxylic acid groups (broad SMARTS) is 1. The Morgan fingerprint density at radius 3 is 2.65 bits per heavy atom. The van der Waals surface area contributed by atoms with Crippen molar-refractivity contribution in [2.45, 2.75) is 20.0 Å². The molecule has 0 radical (unpaired) electrons. The van der Waals surface area contributed by atoms with Crippen molar-refractivity contribution in [2.24, 2.45) is 0 Å². The molecule has 162 valence electrons. The number of para-hydroxylation sites is 2. The third-order valence-corrected chi connectivity index (χ3v) is 5.64. The van der Waals surface area contributed by atoms with Gasteiger partial charge in [0.2, 0.25) is 0 Å². The molecular formula is C22H21NO6S2. The van der Waals surface area contributed by atoms with Crippen molar-refractivity contribution in [1.82, 2.24) is 0 Å². The van der Waals surface area contributed by atoms with Gasteiger partial charge in [0.15, 0.2) is 21.9 Å². The second kappa shape index (κ2) is 9.84. The number of hydrogen-bond donors (Lipinski definition) is 1. The number of thioether (sulfide) groups is 1. The first-order valence-corrected chi connectivity index (χ1v) is 10.7. The molecule has 1 aliphatic rings. The van der Waals surface area contributed by atoms with Gasteiger partial charge in [-0.3, -0.25) is 9.69 Å². The number of hydrogen-bond acceptors (Lipinski definition) is 7. The van der Waals surface area contributed by atoms with E-state index < -0.39 is 12.1 Å². The Morgan fingerprint density at radius 1 is 1.23 bits per heavy atom. The Morgan fingerprint density at radius 2 is 1.97 bits per heavy atom. The SMILES string of the molecule is CCOc1ccccc1N1C(=O)/C(=C\c2ccc(OC(C)C(=O)O)c(OC)c2)SC1=S. The normalized spacial score (nSPS) is 15.8. The Bertz CT molecular complexity index is 1050. The lowest BCUT2D eigenvalue weighted by Crippen LogP contribution is -2.28. The van der Waals surface area contributed by atoms with Crippen LogP contribution in [0.3, 0.4) is 0 Å². The number of carbonyl (C=O) groups is 2. The van der Waals surface area contributed by atoms with Crippen LogP contribution in [0.4, 0.5) is 5.69 Å². The van der Waals surface area contributed by atoms with Crippen LogP contribution in [0.25, 0.3) is 6.08 Å². The van der Waals surface area contributed by atoms with Gasteiger partial charge in [0.05, 0.1) is 24.3 Å². The number of amides is 1. The highest BCUT2D eigenvalue weighted by molar-refractivity contribution is 8.27. The first kappa shape index (κ1) is 22.6. The van der Waals surface area contributed by atoms with Gasteiger partial charge in [-0.25, -0.2) is 4.79 Å². The first-order valence-electron chi connectivity index (χ1n) is 9.43. The van der Waals surface area contributed by atoms with Gasteiger partial charge < -0.3 is 19.3 Å². The van der Waals surface area contributed by atoms with E-state index in [0.29, 0.717) is 44.3 Å². The van der Waals surface area contributed by atoms with Crippen molar-refractivity contribution in [1.29, 1.82) is 0 Å². The Kier molecular flexibility index (Phi) is 7.19. The summed E-state index contributed by atoms with van der Waals surface area (Å²) in [5.74, 6) is -0.0897. The summed E-state index contributed by atoms with van der Waals surface area (Å²) in [5.41, 5.74) is 1.28. The van der Waals surface area contributed by atoms with E-state index in [0.717, 1.165) is 0 Å². The Balaban J connectivity index is 1.89. The molecule has 1 aliphatic heterocycles. The van der Waals surface area contributed by atoms with Crippen molar-refractivity contribution in [3.8, 4) is 17.2 Å². The van der Waals surface area contributed by atoms with E-state index in [1.807, 2.05) is 19.1 Å². The molecule has 0 bridgehead atoms. The van der Waals surface area contributed by atoms with Crippen molar-refractivity contribution < 1.29 is 28.9 Å². The number of thiocarbonyl (C=S) groups is 1. The average molecular weight is 460 g/mol. The van der Waals surface area contributed by atoms with E-state index >= 15 is 0 Å². The first-order chi connectivity index (χ1) is 14.8. The fourth-order valence-electron chi connectivity index (χ4n) is 2.86. The van der Waals surface area contributed by atoms with Gasteiger partial charge in [0.1, 0.15) is 5.75 Å². The predicted octanol–water partition coefficient (Wildman–Crippen LogP) is 4.35. The molecule has 1 heterocycles. The van der Waals surface area contributed by atoms with Crippen LogP contribution in [0, 0.1) is 0 Å². The van der Waals surface area contributed by atoms with E-state index in [2.05, 4.69) is 0 Å². The molecule has 1 fully saturated rings. The molecule has 0 aliphatic carbocycles. The number of benzene rings is 2. The number of nitrogens with zero attached hydrogens (tertiary/aromatic N) is 1. The van der Waals surface area contributed by atoms with Crippen molar-refractivity contribution in [3.05, 3.63) is 52.9 Å². The second-order valence-electron chi connectivity index (χ2n) is 6.43. The van der Waals surface area contributed by atoms with Gasteiger partial charge in [0, 0.05) is 0 Å².